The molecule has 1 heterocycles. The predicted molar refractivity (Wildman–Crippen MR) is 65.9 cm³/mol. The van der Waals surface area contributed by atoms with Crippen molar-refractivity contribution in [3.8, 4) is 0 Å². The van der Waals surface area contributed by atoms with Crippen molar-refractivity contribution in [1.29, 1.82) is 0 Å². The van der Waals surface area contributed by atoms with Gasteiger partial charge in [0.25, 0.3) is 0 Å². The van der Waals surface area contributed by atoms with Gasteiger partial charge < -0.3 is 11.1 Å². The summed E-state index contributed by atoms with van der Waals surface area (Å²) in [6.07, 6.45) is 3.11. The van der Waals surface area contributed by atoms with Gasteiger partial charge in [0.1, 0.15) is 0 Å². The molecule has 2 aromatic rings. The molecule has 0 spiro atoms. The average molecular weight is 244 g/mol. The highest BCUT2D eigenvalue weighted by Gasteiger charge is 1.99. The molecule has 0 saturated carbocycles. The summed E-state index contributed by atoms with van der Waals surface area (Å²) >= 11 is 0. The predicted octanol–water partition coefficient (Wildman–Crippen LogP) is 0.111. The standard InChI is InChI=1S/C11H12N6O/c12-9-3-1-2-8(6-9)4-5-11(18)13-7-10-14-16-17-15-10/h1-6H,7,12H2,(H,13,18)(H,14,15,16,17)/b5-4+. The molecule has 4 N–H and O–H groups in total. The summed E-state index contributed by atoms with van der Waals surface area (Å²) in [5.74, 6) is 0.197. The molecule has 1 amide bonds. The van der Waals surface area contributed by atoms with E-state index in [1.165, 1.54) is 6.08 Å². The van der Waals surface area contributed by atoms with E-state index in [9.17, 15) is 4.79 Å². The number of nitrogens with two attached hydrogens (primary N) is 1. The molecule has 7 nitrogen and oxygen atoms in total. The molecule has 18 heavy (non-hydrogen) atoms. The molecule has 0 aliphatic heterocycles. The summed E-state index contributed by atoms with van der Waals surface area (Å²) in [4.78, 5) is 11.5. The molecule has 0 radical (unpaired) electrons. The van der Waals surface area contributed by atoms with Crippen molar-refractivity contribution in [3.63, 3.8) is 0 Å². The van der Waals surface area contributed by atoms with Crippen molar-refractivity contribution in [1.82, 2.24) is 25.9 Å². The highest BCUT2D eigenvalue weighted by Crippen LogP contribution is 2.07. The van der Waals surface area contributed by atoms with E-state index < -0.39 is 0 Å². The number of benzene rings is 1. The normalized spacial score (nSPS) is 10.7. The minimum atomic E-state index is -0.234. The van der Waals surface area contributed by atoms with Crippen molar-refractivity contribution < 1.29 is 4.79 Å². The molecule has 1 aromatic carbocycles. The molecule has 0 aliphatic rings. The van der Waals surface area contributed by atoms with Gasteiger partial charge in [-0.2, -0.15) is 5.21 Å². The van der Waals surface area contributed by atoms with Crippen molar-refractivity contribution in [2.75, 3.05) is 5.73 Å². The first-order chi connectivity index (χ1) is 8.74. The van der Waals surface area contributed by atoms with Gasteiger partial charge in [0.15, 0.2) is 5.82 Å². The van der Waals surface area contributed by atoms with Crippen LogP contribution in [-0.2, 0) is 11.3 Å². The number of H-pyrrole nitrogens is 1. The Morgan fingerprint density at radius 2 is 2.39 bits per heavy atom. The summed E-state index contributed by atoms with van der Waals surface area (Å²) in [7, 11) is 0. The van der Waals surface area contributed by atoms with Gasteiger partial charge >= 0.3 is 0 Å². The number of aromatic nitrogens is 4. The first-order valence-corrected chi connectivity index (χ1v) is 5.28. The molecular formula is C11H12N6O. The van der Waals surface area contributed by atoms with Crippen LogP contribution in [0.25, 0.3) is 6.08 Å². The SMILES string of the molecule is Nc1cccc(/C=C/C(=O)NCc2nn[nH]n2)c1. The fraction of sp³-hybridized carbons (Fsp3) is 0.0909. The smallest absolute Gasteiger partial charge is 0.244 e. The maximum atomic E-state index is 11.5. The van der Waals surface area contributed by atoms with E-state index in [0.717, 1.165) is 5.56 Å². The van der Waals surface area contributed by atoms with Gasteiger partial charge in [0, 0.05) is 11.8 Å². The molecule has 2 rings (SSSR count). The Bertz CT molecular complexity index is 548. The number of carbonyl (C=O) groups is 1. The third-order valence-corrected chi connectivity index (χ3v) is 2.15. The summed E-state index contributed by atoms with van der Waals surface area (Å²) in [5.41, 5.74) is 7.15. The van der Waals surface area contributed by atoms with E-state index in [1.807, 2.05) is 12.1 Å². The Morgan fingerprint density at radius 3 is 3.11 bits per heavy atom. The van der Waals surface area contributed by atoms with E-state index >= 15 is 0 Å². The number of tetrazole rings is 1. The Morgan fingerprint density at radius 1 is 1.50 bits per heavy atom. The van der Waals surface area contributed by atoms with Gasteiger partial charge in [0.05, 0.1) is 6.54 Å². The van der Waals surface area contributed by atoms with Crippen molar-refractivity contribution in [3.05, 3.63) is 41.7 Å². The van der Waals surface area contributed by atoms with Crippen LogP contribution >= 0.6 is 0 Å². The van der Waals surface area contributed by atoms with E-state index in [1.54, 1.807) is 18.2 Å². The molecule has 0 atom stereocenters. The molecule has 0 aliphatic carbocycles. The van der Waals surface area contributed by atoms with Crippen LogP contribution in [0.4, 0.5) is 5.69 Å². The van der Waals surface area contributed by atoms with Gasteiger partial charge in [-0.25, -0.2) is 0 Å². The van der Waals surface area contributed by atoms with Crippen LogP contribution < -0.4 is 11.1 Å². The number of nitrogens with zero attached hydrogens (tertiary/aromatic N) is 3. The first kappa shape index (κ1) is 11.8. The first-order valence-electron chi connectivity index (χ1n) is 5.28. The Hall–Kier alpha value is -2.70. The van der Waals surface area contributed by atoms with Gasteiger partial charge in [-0.3, -0.25) is 4.79 Å². The van der Waals surface area contributed by atoms with Crippen LogP contribution in [0.15, 0.2) is 30.3 Å². The second-order valence-electron chi connectivity index (χ2n) is 3.55. The fourth-order valence-electron chi connectivity index (χ4n) is 1.32. The van der Waals surface area contributed by atoms with Crippen LogP contribution in [-0.4, -0.2) is 26.5 Å². The molecule has 0 saturated heterocycles. The second kappa shape index (κ2) is 5.58. The number of hydrogen-bond donors (Lipinski definition) is 3. The molecule has 0 unspecified atom stereocenters. The van der Waals surface area contributed by atoms with Crippen LogP contribution in [0.5, 0.6) is 0 Å². The number of anilines is 1. The zero-order chi connectivity index (χ0) is 12.8. The number of hydrogen-bond acceptors (Lipinski definition) is 5. The van der Waals surface area contributed by atoms with Crippen molar-refractivity contribution in [2.45, 2.75) is 6.54 Å². The molecular weight excluding hydrogens is 232 g/mol. The maximum Gasteiger partial charge on any atom is 0.244 e. The lowest BCUT2D eigenvalue weighted by Crippen LogP contribution is -2.20. The van der Waals surface area contributed by atoms with Gasteiger partial charge in [-0.05, 0) is 23.8 Å². The number of rotatable bonds is 4. The average Bonchev–Trinajstić information content (AvgIpc) is 2.87. The number of nitrogen functional groups attached to an aromatic ring is 1. The van der Waals surface area contributed by atoms with E-state index in [2.05, 4.69) is 25.9 Å². The number of aromatic amines is 1. The summed E-state index contributed by atoms with van der Waals surface area (Å²) in [5, 5.41) is 15.7. The minimum Gasteiger partial charge on any atom is -0.399 e. The zero-order valence-electron chi connectivity index (χ0n) is 9.50. The topological polar surface area (TPSA) is 110 Å². The third-order valence-electron chi connectivity index (χ3n) is 2.15. The van der Waals surface area contributed by atoms with Gasteiger partial charge in [-0.1, -0.05) is 17.3 Å². The third kappa shape index (κ3) is 3.41. The summed E-state index contributed by atoms with van der Waals surface area (Å²) < 4.78 is 0. The number of carbonyl (C=O) groups excluding carboxylic acids is 1. The van der Waals surface area contributed by atoms with E-state index in [4.69, 9.17) is 5.73 Å². The number of amides is 1. The summed E-state index contributed by atoms with van der Waals surface area (Å²) in [6, 6.07) is 7.25. The summed E-state index contributed by atoms with van der Waals surface area (Å²) in [6.45, 7) is 0.233. The quantitative estimate of drug-likeness (QED) is 0.522. The van der Waals surface area contributed by atoms with Crippen LogP contribution in [0.3, 0.4) is 0 Å². The lowest BCUT2D eigenvalue weighted by Gasteiger charge is -1.97. The van der Waals surface area contributed by atoms with Crippen LogP contribution in [0.1, 0.15) is 11.4 Å². The Labute approximate surface area is 103 Å². The number of nitrogens with one attached hydrogen (secondary N) is 2. The molecule has 0 bridgehead atoms. The minimum absolute atomic E-state index is 0.233. The highest BCUT2D eigenvalue weighted by atomic mass is 16.1. The van der Waals surface area contributed by atoms with Crippen molar-refractivity contribution in [2.24, 2.45) is 0 Å². The monoisotopic (exact) mass is 244 g/mol. The fourth-order valence-corrected chi connectivity index (χ4v) is 1.32. The Kier molecular flexibility index (Phi) is 3.65. The highest BCUT2D eigenvalue weighted by molar-refractivity contribution is 5.91. The van der Waals surface area contributed by atoms with E-state index in [-0.39, 0.29) is 12.5 Å². The van der Waals surface area contributed by atoms with Crippen LogP contribution in [0, 0.1) is 0 Å². The van der Waals surface area contributed by atoms with Crippen molar-refractivity contribution >= 4 is 17.7 Å². The van der Waals surface area contributed by atoms with Crippen LogP contribution in [0.2, 0.25) is 0 Å². The Balaban J connectivity index is 1.87. The molecule has 92 valence electrons. The molecule has 7 heteroatoms. The second-order valence-corrected chi connectivity index (χ2v) is 3.55. The largest absolute Gasteiger partial charge is 0.399 e. The molecule has 0 fully saturated rings. The zero-order valence-corrected chi connectivity index (χ0v) is 9.50. The van der Waals surface area contributed by atoms with Gasteiger partial charge in [0.2, 0.25) is 5.91 Å². The maximum absolute atomic E-state index is 11.5. The lowest BCUT2D eigenvalue weighted by molar-refractivity contribution is -0.116. The van der Waals surface area contributed by atoms with Gasteiger partial charge in [-0.15, -0.1) is 10.2 Å². The lowest BCUT2D eigenvalue weighted by atomic mass is 10.2. The molecule has 1 aromatic heterocycles. The van der Waals surface area contributed by atoms with E-state index in [0.29, 0.717) is 11.5 Å².